The molecule has 0 radical (unpaired) electrons. The van der Waals surface area contributed by atoms with Crippen LogP contribution in [-0.2, 0) is 6.42 Å². The highest BCUT2D eigenvalue weighted by atomic mass is 16.3. The second-order valence-corrected chi connectivity index (χ2v) is 7.87. The predicted octanol–water partition coefficient (Wildman–Crippen LogP) is 7.90. The Labute approximate surface area is 162 Å². The molecular weight excluding hydrogens is 320 g/mol. The number of benzene rings is 1. The molecule has 1 aromatic rings. The summed E-state index contributed by atoms with van der Waals surface area (Å²) in [5, 5.41) is 19.0. The third kappa shape index (κ3) is 12.2. The van der Waals surface area contributed by atoms with E-state index in [9.17, 15) is 10.2 Å². The zero-order chi connectivity index (χ0) is 18.9. The molecule has 0 saturated carbocycles. The molecule has 2 heteroatoms. The van der Waals surface area contributed by atoms with Gasteiger partial charge in [0.05, 0.1) is 0 Å². The van der Waals surface area contributed by atoms with Gasteiger partial charge in [0.1, 0.15) is 11.5 Å². The van der Waals surface area contributed by atoms with E-state index in [2.05, 4.69) is 6.92 Å². The zero-order valence-corrected chi connectivity index (χ0v) is 17.1. The highest BCUT2D eigenvalue weighted by Gasteiger charge is 2.02. The average Bonchev–Trinajstić information content (AvgIpc) is 2.63. The summed E-state index contributed by atoms with van der Waals surface area (Å²) in [6.45, 7) is 2.28. The number of unbranched alkanes of at least 4 members (excludes halogenated alkanes) is 15. The maximum Gasteiger partial charge on any atom is 0.122 e. The summed E-state index contributed by atoms with van der Waals surface area (Å²) in [6, 6.07) is 4.92. The second-order valence-electron chi connectivity index (χ2n) is 7.87. The summed E-state index contributed by atoms with van der Waals surface area (Å²) in [5.41, 5.74) is 0.952. The molecule has 0 fully saturated rings. The van der Waals surface area contributed by atoms with Crippen LogP contribution >= 0.6 is 0 Å². The van der Waals surface area contributed by atoms with Crippen LogP contribution in [0.15, 0.2) is 18.2 Å². The Hall–Kier alpha value is -1.18. The molecule has 0 aliphatic heterocycles. The predicted molar refractivity (Wildman–Crippen MR) is 113 cm³/mol. The van der Waals surface area contributed by atoms with Crippen molar-refractivity contribution in [2.75, 3.05) is 0 Å². The van der Waals surface area contributed by atoms with Gasteiger partial charge in [-0.3, -0.25) is 0 Å². The molecule has 1 rings (SSSR count). The van der Waals surface area contributed by atoms with E-state index in [1.807, 2.05) is 6.07 Å². The van der Waals surface area contributed by atoms with Crippen LogP contribution in [-0.4, -0.2) is 10.2 Å². The van der Waals surface area contributed by atoms with Crippen molar-refractivity contribution in [1.82, 2.24) is 0 Å². The number of hydrogen-bond acceptors (Lipinski definition) is 2. The molecule has 2 nitrogen and oxygen atoms in total. The SMILES string of the molecule is CCCCCCCCCCCCCCCCCCc1ccc(O)cc1O. The Morgan fingerprint density at radius 3 is 1.42 bits per heavy atom. The fourth-order valence-corrected chi connectivity index (χ4v) is 3.63. The van der Waals surface area contributed by atoms with Crippen LogP contribution in [0.4, 0.5) is 0 Å². The molecule has 2 N–H and O–H groups in total. The van der Waals surface area contributed by atoms with Gasteiger partial charge < -0.3 is 10.2 Å². The molecule has 0 aliphatic carbocycles. The van der Waals surface area contributed by atoms with Gasteiger partial charge in [0.15, 0.2) is 0 Å². The Balaban J connectivity index is 1.79. The van der Waals surface area contributed by atoms with Crippen molar-refractivity contribution in [3.05, 3.63) is 23.8 Å². The molecule has 0 amide bonds. The molecule has 150 valence electrons. The Kier molecular flexibility index (Phi) is 14.1. The lowest BCUT2D eigenvalue weighted by atomic mass is 10.0. The number of aryl methyl sites for hydroxylation is 1. The number of aromatic hydroxyl groups is 2. The average molecular weight is 363 g/mol. The van der Waals surface area contributed by atoms with E-state index in [0.29, 0.717) is 0 Å². The largest absolute Gasteiger partial charge is 0.508 e. The lowest BCUT2D eigenvalue weighted by Gasteiger charge is -2.05. The third-order valence-electron chi connectivity index (χ3n) is 5.37. The van der Waals surface area contributed by atoms with Crippen molar-refractivity contribution < 1.29 is 10.2 Å². The van der Waals surface area contributed by atoms with Crippen molar-refractivity contribution >= 4 is 0 Å². The normalized spacial score (nSPS) is 11.1. The van der Waals surface area contributed by atoms with Gasteiger partial charge in [-0.05, 0) is 24.5 Å². The molecule has 26 heavy (non-hydrogen) atoms. The Morgan fingerprint density at radius 2 is 1.00 bits per heavy atom. The van der Waals surface area contributed by atoms with Gasteiger partial charge in [0.2, 0.25) is 0 Å². The summed E-state index contributed by atoms with van der Waals surface area (Å²) in [7, 11) is 0. The lowest BCUT2D eigenvalue weighted by Crippen LogP contribution is -1.87. The Bertz CT molecular complexity index is 442. The summed E-state index contributed by atoms with van der Waals surface area (Å²) >= 11 is 0. The second kappa shape index (κ2) is 16.0. The molecule has 0 spiro atoms. The van der Waals surface area contributed by atoms with E-state index in [1.54, 1.807) is 6.07 Å². The highest BCUT2D eigenvalue weighted by Crippen LogP contribution is 2.24. The van der Waals surface area contributed by atoms with Crippen molar-refractivity contribution in [2.45, 2.75) is 116 Å². The maximum absolute atomic E-state index is 9.76. The first-order valence-corrected chi connectivity index (χ1v) is 11.2. The van der Waals surface area contributed by atoms with Crippen LogP contribution in [0.3, 0.4) is 0 Å². The van der Waals surface area contributed by atoms with Crippen LogP contribution in [0.25, 0.3) is 0 Å². The first-order chi connectivity index (χ1) is 12.7. The molecule has 0 atom stereocenters. The van der Waals surface area contributed by atoms with Crippen LogP contribution in [0, 0.1) is 0 Å². The third-order valence-corrected chi connectivity index (χ3v) is 5.37. The summed E-state index contributed by atoms with van der Waals surface area (Å²) in [5.74, 6) is 0.365. The van der Waals surface area contributed by atoms with Crippen LogP contribution in [0.2, 0.25) is 0 Å². The number of phenolic OH excluding ortho intramolecular Hbond substituents is 2. The standard InChI is InChI=1S/C24H42O2/c1-2-3-4-5-6-7-8-9-10-11-12-13-14-15-16-17-18-22-19-20-23(25)21-24(22)26/h19-21,25-26H,2-18H2,1H3. The van der Waals surface area contributed by atoms with Gasteiger partial charge in [0, 0.05) is 6.07 Å². The fraction of sp³-hybridized carbons (Fsp3) is 0.750. The number of phenols is 2. The van der Waals surface area contributed by atoms with Gasteiger partial charge in [-0.1, -0.05) is 109 Å². The smallest absolute Gasteiger partial charge is 0.122 e. The molecule has 0 aromatic heterocycles. The van der Waals surface area contributed by atoms with Crippen molar-refractivity contribution in [1.29, 1.82) is 0 Å². The summed E-state index contributed by atoms with van der Waals surface area (Å²) < 4.78 is 0. The van der Waals surface area contributed by atoms with Gasteiger partial charge in [-0.2, -0.15) is 0 Å². The minimum atomic E-state index is 0.137. The summed E-state index contributed by atoms with van der Waals surface area (Å²) in [6.07, 6.45) is 22.9. The molecular formula is C24H42O2. The number of hydrogen-bond donors (Lipinski definition) is 2. The van der Waals surface area contributed by atoms with Gasteiger partial charge in [0.25, 0.3) is 0 Å². The van der Waals surface area contributed by atoms with E-state index in [-0.39, 0.29) is 11.5 Å². The van der Waals surface area contributed by atoms with E-state index in [0.717, 1.165) is 18.4 Å². The number of rotatable bonds is 17. The Morgan fingerprint density at radius 1 is 0.577 bits per heavy atom. The van der Waals surface area contributed by atoms with E-state index in [1.165, 1.54) is 102 Å². The fourth-order valence-electron chi connectivity index (χ4n) is 3.63. The maximum atomic E-state index is 9.76. The van der Waals surface area contributed by atoms with Crippen LogP contribution < -0.4 is 0 Å². The minimum absolute atomic E-state index is 0.137. The highest BCUT2D eigenvalue weighted by molar-refractivity contribution is 5.38. The van der Waals surface area contributed by atoms with Crippen molar-refractivity contribution in [2.24, 2.45) is 0 Å². The van der Waals surface area contributed by atoms with Crippen molar-refractivity contribution in [3.8, 4) is 11.5 Å². The zero-order valence-electron chi connectivity index (χ0n) is 17.1. The van der Waals surface area contributed by atoms with Crippen molar-refractivity contribution in [3.63, 3.8) is 0 Å². The first kappa shape index (κ1) is 22.9. The van der Waals surface area contributed by atoms with Crippen LogP contribution in [0.5, 0.6) is 11.5 Å². The van der Waals surface area contributed by atoms with Gasteiger partial charge in [-0.15, -0.1) is 0 Å². The molecule has 1 aromatic carbocycles. The van der Waals surface area contributed by atoms with Crippen LogP contribution in [0.1, 0.15) is 115 Å². The van der Waals surface area contributed by atoms with Gasteiger partial charge >= 0.3 is 0 Å². The molecule has 0 bridgehead atoms. The van der Waals surface area contributed by atoms with E-state index >= 15 is 0 Å². The lowest BCUT2D eigenvalue weighted by molar-refractivity contribution is 0.444. The van der Waals surface area contributed by atoms with E-state index in [4.69, 9.17) is 0 Å². The minimum Gasteiger partial charge on any atom is -0.508 e. The molecule has 0 heterocycles. The topological polar surface area (TPSA) is 40.5 Å². The molecule has 0 saturated heterocycles. The van der Waals surface area contributed by atoms with E-state index < -0.39 is 0 Å². The van der Waals surface area contributed by atoms with Gasteiger partial charge in [-0.25, -0.2) is 0 Å². The molecule has 0 aliphatic rings. The monoisotopic (exact) mass is 362 g/mol. The molecule has 0 unspecified atom stereocenters. The quantitative estimate of drug-likeness (QED) is 0.276. The summed E-state index contributed by atoms with van der Waals surface area (Å²) in [4.78, 5) is 0. The first-order valence-electron chi connectivity index (χ1n) is 11.2.